The van der Waals surface area contributed by atoms with Crippen LogP contribution in [0.2, 0.25) is 0 Å². The molecular formula is C10H15NO4S. The van der Waals surface area contributed by atoms with Crippen molar-refractivity contribution in [1.82, 2.24) is 0 Å². The summed E-state index contributed by atoms with van der Waals surface area (Å²) in [6.07, 6.45) is 0. The maximum absolute atomic E-state index is 11.0. The first kappa shape index (κ1) is 13.0. The van der Waals surface area contributed by atoms with Crippen molar-refractivity contribution in [2.24, 2.45) is 5.92 Å². The van der Waals surface area contributed by atoms with Crippen LogP contribution in [0.4, 0.5) is 5.69 Å². The highest BCUT2D eigenvalue weighted by molar-refractivity contribution is 7.86. The fourth-order valence-electron chi connectivity index (χ4n) is 1.06. The number of hydrogen-bond acceptors (Lipinski definition) is 4. The molecule has 0 radical (unpaired) electrons. The van der Waals surface area contributed by atoms with E-state index in [9.17, 15) is 8.42 Å². The maximum atomic E-state index is 11.0. The summed E-state index contributed by atoms with van der Waals surface area (Å²) in [6.45, 7) is 4.38. The zero-order valence-electron chi connectivity index (χ0n) is 9.17. The summed E-state index contributed by atoms with van der Waals surface area (Å²) in [7, 11) is -4.23. The van der Waals surface area contributed by atoms with Crippen molar-refractivity contribution in [2.45, 2.75) is 18.7 Å². The average Bonchev–Trinajstić information content (AvgIpc) is 2.16. The lowest BCUT2D eigenvalue weighted by Gasteiger charge is -2.11. The summed E-state index contributed by atoms with van der Waals surface area (Å²) >= 11 is 0. The van der Waals surface area contributed by atoms with Gasteiger partial charge in [0, 0.05) is 0 Å². The van der Waals surface area contributed by atoms with Gasteiger partial charge in [0.15, 0.2) is 0 Å². The lowest BCUT2D eigenvalue weighted by molar-refractivity contribution is 0.162. The van der Waals surface area contributed by atoms with Gasteiger partial charge in [-0.3, -0.25) is 14.9 Å². The van der Waals surface area contributed by atoms with E-state index < -0.39 is 10.1 Å². The van der Waals surface area contributed by atoms with E-state index in [0.29, 0.717) is 12.5 Å². The molecule has 90 valence electrons. The van der Waals surface area contributed by atoms with Gasteiger partial charge in [0.1, 0.15) is 4.90 Å². The first-order valence-corrected chi connectivity index (χ1v) is 6.29. The zero-order valence-corrected chi connectivity index (χ0v) is 9.99. The van der Waals surface area contributed by atoms with Crippen molar-refractivity contribution in [3.63, 3.8) is 0 Å². The number of nitrogens with one attached hydrogen (secondary N) is 1. The second-order valence-electron chi connectivity index (χ2n) is 3.78. The predicted octanol–water partition coefficient (Wildman–Crippen LogP) is 1.93. The molecular weight excluding hydrogens is 230 g/mol. The molecule has 0 saturated heterocycles. The monoisotopic (exact) mass is 245 g/mol. The summed E-state index contributed by atoms with van der Waals surface area (Å²) in [5, 5.41) is 0. The zero-order chi connectivity index (χ0) is 12.2. The van der Waals surface area contributed by atoms with Crippen molar-refractivity contribution >= 4 is 15.8 Å². The van der Waals surface area contributed by atoms with Gasteiger partial charge in [-0.25, -0.2) is 0 Å². The Balaban J connectivity index is 2.80. The molecule has 1 rings (SSSR count). The van der Waals surface area contributed by atoms with Gasteiger partial charge < -0.3 is 0 Å². The number of rotatable bonds is 5. The Morgan fingerprint density at radius 1 is 1.38 bits per heavy atom. The van der Waals surface area contributed by atoms with Crippen LogP contribution in [0, 0.1) is 5.92 Å². The Bertz CT molecular complexity index is 442. The van der Waals surface area contributed by atoms with E-state index in [2.05, 4.69) is 5.48 Å². The standard InChI is InChI=1S/C10H15NO4S/c1-8(2)7-15-11-9-5-3-4-6-10(9)16(12,13)14/h3-6,8,11H,7H2,1-2H3,(H,12,13,14). The van der Waals surface area contributed by atoms with Gasteiger partial charge >= 0.3 is 0 Å². The van der Waals surface area contributed by atoms with Gasteiger partial charge in [0.2, 0.25) is 0 Å². The van der Waals surface area contributed by atoms with Gasteiger partial charge in [-0.1, -0.05) is 26.0 Å². The molecule has 5 nitrogen and oxygen atoms in total. The summed E-state index contributed by atoms with van der Waals surface area (Å²) in [5.74, 6) is 0.324. The summed E-state index contributed by atoms with van der Waals surface area (Å²) < 4.78 is 31.0. The van der Waals surface area contributed by atoms with Crippen LogP contribution in [0.25, 0.3) is 0 Å². The molecule has 0 aromatic heterocycles. The molecule has 2 N–H and O–H groups in total. The van der Waals surface area contributed by atoms with E-state index in [0.717, 1.165) is 0 Å². The largest absolute Gasteiger partial charge is 0.296 e. The summed E-state index contributed by atoms with van der Waals surface area (Å²) in [6, 6.07) is 5.99. The SMILES string of the molecule is CC(C)CONc1ccccc1S(=O)(=O)O. The molecule has 0 bridgehead atoms. The number of para-hydroxylation sites is 1. The molecule has 0 fully saturated rings. The molecule has 16 heavy (non-hydrogen) atoms. The molecule has 0 aliphatic rings. The van der Waals surface area contributed by atoms with E-state index in [4.69, 9.17) is 9.39 Å². The third-order valence-electron chi connectivity index (χ3n) is 1.76. The Labute approximate surface area is 95.1 Å². The van der Waals surface area contributed by atoms with E-state index in [1.165, 1.54) is 18.2 Å². The topological polar surface area (TPSA) is 75.6 Å². The second-order valence-corrected chi connectivity index (χ2v) is 5.17. The molecule has 6 heteroatoms. The highest BCUT2D eigenvalue weighted by Gasteiger charge is 2.14. The molecule has 0 aliphatic heterocycles. The van der Waals surface area contributed by atoms with Crippen LogP contribution in [-0.4, -0.2) is 19.6 Å². The van der Waals surface area contributed by atoms with Crippen LogP contribution in [0.1, 0.15) is 13.8 Å². The average molecular weight is 245 g/mol. The highest BCUT2D eigenvalue weighted by atomic mass is 32.2. The third-order valence-corrected chi connectivity index (χ3v) is 2.68. The van der Waals surface area contributed by atoms with Crippen LogP contribution < -0.4 is 5.48 Å². The van der Waals surface area contributed by atoms with Gasteiger partial charge in [-0.05, 0) is 18.1 Å². The summed E-state index contributed by atoms with van der Waals surface area (Å²) in [4.78, 5) is 4.90. The minimum atomic E-state index is -4.23. The van der Waals surface area contributed by atoms with E-state index in [1.54, 1.807) is 6.07 Å². The van der Waals surface area contributed by atoms with Crippen molar-refractivity contribution < 1.29 is 17.8 Å². The minimum Gasteiger partial charge on any atom is -0.282 e. The molecule has 0 saturated carbocycles. The fraction of sp³-hybridized carbons (Fsp3) is 0.400. The van der Waals surface area contributed by atoms with Crippen molar-refractivity contribution in [3.05, 3.63) is 24.3 Å². The maximum Gasteiger partial charge on any atom is 0.296 e. The molecule has 0 amide bonds. The second kappa shape index (κ2) is 5.29. The Morgan fingerprint density at radius 2 is 2.00 bits per heavy atom. The van der Waals surface area contributed by atoms with Crippen molar-refractivity contribution in [1.29, 1.82) is 0 Å². The number of hydrogen-bond donors (Lipinski definition) is 2. The molecule has 0 spiro atoms. The van der Waals surface area contributed by atoms with Crippen molar-refractivity contribution in [2.75, 3.05) is 12.1 Å². The van der Waals surface area contributed by atoms with Crippen LogP contribution in [0.15, 0.2) is 29.2 Å². The molecule has 0 unspecified atom stereocenters. The lowest BCUT2D eigenvalue weighted by atomic mass is 10.2. The van der Waals surface area contributed by atoms with Crippen LogP contribution >= 0.6 is 0 Å². The van der Waals surface area contributed by atoms with Gasteiger partial charge in [-0.2, -0.15) is 8.42 Å². The van der Waals surface area contributed by atoms with Gasteiger partial charge in [0.05, 0.1) is 12.3 Å². The predicted molar refractivity (Wildman–Crippen MR) is 60.7 cm³/mol. The number of anilines is 1. The molecule has 1 aromatic carbocycles. The van der Waals surface area contributed by atoms with Gasteiger partial charge in [-0.15, -0.1) is 0 Å². The van der Waals surface area contributed by atoms with Crippen LogP contribution in [-0.2, 0) is 15.0 Å². The molecule has 1 aromatic rings. The first-order chi connectivity index (χ1) is 7.41. The van der Waals surface area contributed by atoms with E-state index in [-0.39, 0.29) is 10.6 Å². The van der Waals surface area contributed by atoms with Crippen LogP contribution in [0.3, 0.4) is 0 Å². The Morgan fingerprint density at radius 3 is 2.56 bits per heavy atom. The van der Waals surface area contributed by atoms with E-state index >= 15 is 0 Å². The molecule has 0 aliphatic carbocycles. The normalized spacial score (nSPS) is 11.8. The minimum absolute atomic E-state index is 0.196. The summed E-state index contributed by atoms with van der Waals surface area (Å²) in [5.41, 5.74) is 2.74. The van der Waals surface area contributed by atoms with Crippen LogP contribution in [0.5, 0.6) is 0 Å². The lowest BCUT2D eigenvalue weighted by Crippen LogP contribution is -2.10. The van der Waals surface area contributed by atoms with E-state index in [1.807, 2.05) is 13.8 Å². The van der Waals surface area contributed by atoms with Crippen molar-refractivity contribution in [3.8, 4) is 0 Å². The quantitative estimate of drug-likeness (QED) is 0.612. The first-order valence-electron chi connectivity index (χ1n) is 4.85. The smallest absolute Gasteiger partial charge is 0.282 e. The van der Waals surface area contributed by atoms with Gasteiger partial charge in [0.25, 0.3) is 10.1 Å². The Kier molecular flexibility index (Phi) is 4.28. The fourth-order valence-corrected chi connectivity index (χ4v) is 1.70. The third kappa shape index (κ3) is 3.80. The Hall–Kier alpha value is -1.11. The highest BCUT2D eigenvalue weighted by Crippen LogP contribution is 2.20. The number of benzene rings is 1. The molecule has 0 heterocycles. The molecule has 0 atom stereocenters.